The summed E-state index contributed by atoms with van der Waals surface area (Å²) < 4.78 is 5.92. The Bertz CT molecular complexity index is 207. The molecule has 1 aliphatic heterocycles. The highest BCUT2D eigenvalue weighted by Crippen LogP contribution is 2.36. The first-order chi connectivity index (χ1) is 8.33. The fourth-order valence-electron chi connectivity index (χ4n) is 3.39. The highest BCUT2D eigenvalue weighted by molar-refractivity contribution is 4.92. The van der Waals surface area contributed by atoms with Crippen LogP contribution < -0.4 is 0 Å². The molecule has 1 heterocycles. The molecule has 0 aromatic rings. The van der Waals surface area contributed by atoms with Crippen LogP contribution >= 0.6 is 0 Å². The van der Waals surface area contributed by atoms with E-state index in [4.69, 9.17) is 4.74 Å². The van der Waals surface area contributed by atoms with Gasteiger partial charge in [0, 0.05) is 0 Å². The van der Waals surface area contributed by atoms with Gasteiger partial charge < -0.3 is 9.84 Å². The average Bonchev–Trinajstić information content (AvgIpc) is 2.47. The van der Waals surface area contributed by atoms with Crippen molar-refractivity contribution in [2.45, 2.75) is 89.4 Å². The number of aliphatic hydroxyl groups excluding tert-OH is 1. The molecule has 0 radical (unpaired) electrons. The van der Waals surface area contributed by atoms with Crippen LogP contribution in [0.1, 0.15) is 71.1 Å². The van der Waals surface area contributed by atoms with Gasteiger partial charge in [-0.05, 0) is 25.2 Å². The minimum Gasteiger partial charge on any atom is -0.388 e. The maximum atomic E-state index is 10.2. The van der Waals surface area contributed by atoms with Crippen LogP contribution in [-0.4, -0.2) is 23.4 Å². The van der Waals surface area contributed by atoms with Gasteiger partial charge in [-0.25, -0.2) is 0 Å². The molecular weight excluding hydrogens is 212 g/mol. The zero-order valence-corrected chi connectivity index (χ0v) is 11.2. The van der Waals surface area contributed by atoms with Gasteiger partial charge in [-0.1, -0.05) is 51.9 Å². The number of rotatable bonds is 3. The summed E-state index contributed by atoms with van der Waals surface area (Å²) in [6, 6.07) is 0. The lowest BCUT2D eigenvalue weighted by Crippen LogP contribution is -2.56. The number of hydrogen-bond acceptors (Lipinski definition) is 2. The summed E-state index contributed by atoms with van der Waals surface area (Å²) >= 11 is 0. The monoisotopic (exact) mass is 240 g/mol. The second kappa shape index (κ2) is 6.75. The second-order valence-corrected chi connectivity index (χ2v) is 5.88. The van der Waals surface area contributed by atoms with Crippen molar-refractivity contribution in [1.29, 1.82) is 0 Å². The minimum absolute atomic E-state index is 0.137. The van der Waals surface area contributed by atoms with E-state index in [1.807, 2.05) is 0 Å². The summed E-state index contributed by atoms with van der Waals surface area (Å²) in [4.78, 5) is 0. The van der Waals surface area contributed by atoms with Crippen molar-refractivity contribution in [3.8, 4) is 0 Å². The Morgan fingerprint density at radius 3 is 2.12 bits per heavy atom. The zero-order chi connectivity index (χ0) is 12.1. The van der Waals surface area contributed by atoms with E-state index >= 15 is 0 Å². The van der Waals surface area contributed by atoms with E-state index in [1.54, 1.807) is 0 Å². The Balaban J connectivity index is 1.79. The summed E-state index contributed by atoms with van der Waals surface area (Å²) in [6.07, 6.45) is 13.0. The quantitative estimate of drug-likeness (QED) is 0.815. The standard InChI is InChI=1S/C15H28O2/c1-2-9-13-14(16)15(17-13)12-10-7-5-3-4-6-8-11-12/h12-16H,2-11H2,1H3. The Labute approximate surface area is 106 Å². The molecule has 2 aliphatic rings. The number of ether oxygens (including phenoxy) is 1. The number of aliphatic hydroxyl groups is 1. The van der Waals surface area contributed by atoms with Crippen molar-refractivity contribution in [1.82, 2.24) is 0 Å². The number of hydrogen-bond donors (Lipinski definition) is 1. The lowest BCUT2D eigenvalue weighted by atomic mass is 9.82. The molecule has 2 heteroatoms. The van der Waals surface area contributed by atoms with Crippen molar-refractivity contribution >= 4 is 0 Å². The van der Waals surface area contributed by atoms with Crippen LogP contribution in [0.5, 0.6) is 0 Å². The van der Waals surface area contributed by atoms with Crippen molar-refractivity contribution in [3.05, 3.63) is 0 Å². The highest BCUT2D eigenvalue weighted by atomic mass is 16.6. The van der Waals surface area contributed by atoms with Gasteiger partial charge in [0.15, 0.2) is 0 Å². The minimum atomic E-state index is -0.180. The van der Waals surface area contributed by atoms with Gasteiger partial charge in [-0.2, -0.15) is 0 Å². The lowest BCUT2D eigenvalue weighted by molar-refractivity contribution is -0.244. The fraction of sp³-hybridized carbons (Fsp3) is 1.00. The molecule has 0 aromatic heterocycles. The molecule has 3 unspecified atom stereocenters. The lowest BCUT2D eigenvalue weighted by Gasteiger charge is -2.46. The maximum absolute atomic E-state index is 10.2. The van der Waals surface area contributed by atoms with Crippen molar-refractivity contribution in [2.24, 2.45) is 5.92 Å². The van der Waals surface area contributed by atoms with Crippen LogP contribution in [0.25, 0.3) is 0 Å². The van der Waals surface area contributed by atoms with Gasteiger partial charge in [0.1, 0.15) is 6.10 Å². The van der Waals surface area contributed by atoms with Gasteiger partial charge in [0.2, 0.25) is 0 Å². The third-order valence-corrected chi connectivity index (χ3v) is 4.49. The van der Waals surface area contributed by atoms with Crippen LogP contribution in [-0.2, 0) is 4.74 Å². The Kier molecular flexibility index (Phi) is 5.30. The van der Waals surface area contributed by atoms with E-state index in [2.05, 4.69) is 6.92 Å². The summed E-state index contributed by atoms with van der Waals surface area (Å²) in [5.41, 5.74) is 0. The van der Waals surface area contributed by atoms with Crippen molar-refractivity contribution < 1.29 is 9.84 Å². The molecule has 1 aliphatic carbocycles. The first-order valence-corrected chi connectivity index (χ1v) is 7.66. The molecule has 3 atom stereocenters. The van der Waals surface area contributed by atoms with Gasteiger partial charge in [0.25, 0.3) is 0 Å². The van der Waals surface area contributed by atoms with Crippen molar-refractivity contribution in [2.75, 3.05) is 0 Å². The zero-order valence-electron chi connectivity index (χ0n) is 11.2. The molecule has 0 spiro atoms. The maximum Gasteiger partial charge on any atom is 0.107 e. The molecule has 100 valence electrons. The molecular formula is C15H28O2. The molecule has 17 heavy (non-hydrogen) atoms. The fourth-order valence-corrected chi connectivity index (χ4v) is 3.39. The Morgan fingerprint density at radius 2 is 1.59 bits per heavy atom. The third-order valence-electron chi connectivity index (χ3n) is 4.49. The van der Waals surface area contributed by atoms with Crippen LogP contribution in [0.3, 0.4) is 0 Å². The largest absolute Gasteiger partial charge is 0.388 e. The molecule has 2 fully saturated rings. The molecule has 0 bridgehead atoms. The Morgan fingerprint density at radius 1 is 1.00 bits per heavy atom. The predicted octanol–water partition coefficient (Wildman–Crippen LogP) is 3.67. The predicted molar refractivity (Wildman–Crippen MR) is 70.0 cm³/mol. The van der Waals surface area contributed by atoms with Crippen LogP contribution in [0.2, 0.25) is 0 Å². The van der Waals surface area contributed by atoms with E-state index in [0.29, 0.717) is 5.92 Å². The van der Waals surface area contributed by atoms with Crippen LogP contribution in [0.4, 0.5) is 0 Å². The average molecular weight is 240 g/mol. The SMILES string of the molecule is CCCC1OC(C2CCCCCCCC2)C1O. The van der Waals surface area contributed by atoms with Crippen LogP contribution in [0, 0.1) is 5.92 Å². The molecule has 2 nitrogen and oxygen atoms in total. The van der Waals surface area contributed by atoms with E-state index in [0.717, 1.165) is 12.8 Å². The van der Waals surface area contributed by atoms with Gasteiger partial charge in [-0.3, -0.25) is 0 Å². The first-order valence-electron chi connectivity index (χ1n) is 7.66. The van der Waals surface area contributed by atoms with Gasteiger partial charge >= 0.3 is 0 Å². The second-order valence-electron chi connectivity index (χ2n) is 5.88. The van der Waals surface area contributed by atoms with E-state index in [-0.39, 0.29) is 18.3 Å². The molecule has 2 rings (SSSR count). The van der Waals surface area contributed by atoms with Crippen molar-refractivity contribution in [3.63, 3.8) is 0 Å². The van der Waals surface area contributed by atoms with E-state index in [1.165, 1.54) is 51.4 Å². The topological polar surface area (TPSA) is 29.5 Å². The Hall–Kier alpha value is -0.0800. The summed E-state index contributed by atoms with van der Waals surface area (Å²) in [5, 5.41) is 10.2. The summed E-state index contributed by atoms with van der Waals surface area (Å²) in [6.45, 7) is 2.16. The van der Waals surface area contributed by atoms with E-state index < -0.39 is 0 Å². The van der Waals surface area contributed by atoms with Gasteiger partial charge in [0.05, 0.1) is 12.2 Å². The molecule has 1 saturated carbocycles. The highest BCUT2D eigenvalue weighted by Gasteiger charge is 2.44. The molecule has 1 N–H and O–H groups in total. The summed E-state index contributed by atoms with van der Waals surface area (Å²) in [7, 11) is 0. The molecule has 1 saturated heterocycles. The third kappa shape index (κ3) is 3.45. The van der Waals surface area contributed by atoms with Crippen LogP contribution in [0.15, 0.2) is 0 Å². The molecule has 0 aromatic carbocycles. The van der Waals surface area contributed by atoms with E-state index in [9.17, 15) is 5.11 Å². The first kappa shape index (κ1) is 13.4. The smallest absolute Gasteiger partial charge is 0.107 e. The van der Waals surface area contributed by atoms with Gasteiger partial charge in [-0.15, -0.1) is 0 Å². The normalized spacial score (nSPS) is 36.7. The molecule has 0 amide bonds. The summed E-state index contributed by atoms with van der Waals surface area (Å²) in [5.74, 6) is 0.621.